The molecular weight excluding hydrogens is 485 g/mol. The lowest BCUT2D eigenvalue weighted by Crippen LogP contribution is -2.49. The molecule has 1 aromatic rings. The molecule has 1 aliphatic heterocycles. The van der Waals surface area contributed by atoms with Crippen LogP contribution in [0.15, 0.2) is 12.1 Å². The van der Waals surface area contributed by atoms with Gasteiger partial charge >= 0.3 is 0 Å². The molecule has 2 amide bonds. The van der Waals surface area contributed by atoms with Crippen LogP contribution in [0.1, 0.15) is 53.3 Å². The topological polar surface area (TPSA) is 117 Å². The third kappa shape index (κ3) is 9.17. The average molecular weight is 524 g/mol. The van der Waals surface area contributed by atoms with Crippen LogP contribution in [0.4, 0.5) is 10.1 Å². The number of nitrogens with zero attached hydrogens (tertiary/aromatic N) is 3. The van der Waals surface area contributed by atoms with E-state index < -0.39 is 11.7 Å². The first kappa shape index (κ1) is 30.3. The Balaban J connectivity index is 1.93. The van der Waals surface area contributed by atoms with Gasteiger partial charge in [0, 0.05) is 64.3 Å². The molecule has 0 spiro atoms. The standard InChI is InChI=1S/C26H38FN3O7/c1-20(5-3-11-31)28(2)26(35)22-18-24(23(27)17-21(22)19-33)29-7-9-30(10-8-29)25(34)6-4-13-36-15-16-37-14-12-32/h11,17-20,32H,3-10,12-16H2,1-2H3. The summed E-state index contributed by atoms with van der Waals surface area (Å²) >= 11 is 0. The number of aliphatic hydroxyl groups excluding tert-OH is 1. The molecule has 1 fully saturated rings. The molecule has 11 heteroatoms. The van der Waals surface area contributed by atoms with Crippen LogP contribution >= 0.6 is 0 Å². The zero-order valence-electron chi connectivity index (χ0n) is 21.7. The fourth-order valence-electron chi connectivity index (χ4n) is 4.06. The van der Waals surface area contributed by atoms with Gasteiger partial charge in [0.1, 0.15) is 12.1 Å². The molecule has 1 saturated heterocycles. The zero-order valence-corrected chi connectivity index (χ0v) is 21.7. The molecule has 1 unspecified atom stereocenters. The number of aldehydes is 2. The Morgan fingerprint density at radius 2 is 1.78 bits per heavy atom. The molecule has 0 aliphatic carbocycles. The van der Waals surface area contributed by atoms with Crippen molar-refractivity contribution in [3.05, 3.63) is 29.1 Å². The second kappa shape index (κ2) is 16.1. The third-order valence-electron chi connectivity index (χ3n) is 6.42. The first-order chi connectivity index (χ1) is 17.8. The number of ether oxygens (including phenoxy) is 2. The largest absolute Gasteiger partial charge is 0.394 e. The number of hydrogen-bond donors (Lipinski definition) is 1. The molecular formula is C26H38FN3O7. The van der Waals surface area contributed by atoms with Gasteiger partial charge in [-0.15, -0.1) is 0 Å². The minimum absolute atomic E-state index is 0.00152. The predicted octanol–water partition coefficient (Wildman–Crippen LogP) is 1.53. The van der Waals surface area contributed by atoms with Gasteiger partial charge in [-0.05, 0) is 31.9 Å². The Bertz CT molecular complexity index is 906. The van der Waals surface area contributed by atoms with E-state index >= 15 is 0 Å². The van der Waals surface area contributed by atoms with Gasteiger partial charge in [-0.1, -0.05) is 0 Å². The second-order valence-corrected chi connectivity index (χ2v) is 8.94. The highest BCUT2D eigenvalue weighted by Crippen LogP contribution is 2.26. The summed E-state index contributed by atoms with van der Waals surface area (Å²) in [6, 6.07) is 2.25. The summed E-state index contributed by atoms with van der Waals surface area (Å²) in [6.07, 6.45) is 2.96. The Hall–Kier alpha value is -2.89. The molecule has 1 N–H and O–H groups in total. The van der Waals surface area contributed by atoms with E-state index in [0.29, 0.717) is 78.0 Å². The summed E-state index contributed by atoms with van der Waals surface area (Å²) in [7, 11) is 1.59. The number of amides is 2. The maximum absolute atomic E-state index is 14.9. The van der Waals surface area contributed by atoms with Crippen molar-refractivity contribution in [3.8, 4) is 0 Å². The van der Waals surface area contributed by atoms with Crippen molar-refractivity contribution in [2.45, 2.75) is 38.6 Å². The highest BCUT2D eigenvalue weighted by Gasteiger charge is 2.26. The number of rotatable bonds is 16. The van der Waals surface area contributed by atoms with Crippen LogP contribution in [0.2, 0.25) is 0 Å². The van der Waals surface area contributed by atoms with Crippen molar-refractivity contribution in [1.82, 2.24) is 9.80 Å². The van der Waals surface area contributed by atoms with E-state index in [4.69, 9.17) is 14.6 Å². The maximum atomic E-state index is 14.9. The summed E-state index contributed by atoms with van der Waals surface area (Å²) in [6.45, 7) is 4.88. The van der Waals surface area contributed by atoms with Crippen LogP contribution in [0, 0.1) is 5.82 Å². The molecule has 2 rings (SSSR count). The van der Waals surface area contributed by atoms with E-state index in [1.165, 1.54) is 11.0 Å². The average Bonchev–Trinajstić information content (AvgIpc) is 2.92. The van der Waals surface area contributed by atoms with Crippen molar-refractivity contribution in [1.29, 1.82) is 0 Å². The molecule has 0 bridgehead atoms. The first-order valence-corrected chi connectivity index (χ1v) is 12.6. The number of hydrogen-bond acceptors (Lipinski definition) is 8. The van der Waals surface area contributed by atoms with Crippen LogP contribution in [0.5, 0.6) is 0 Å². The molecule has 1 aliphatic rings. The molecule has 206 valence electrons. The van der Waals surface area contributed by atoms with Crippen molar-refractivity contribution >= 4 is 30.1 Å². The quantitative estimate of drug-likeness (QED) is 0.256. The molecule has 10 nitrogen and oxygen atoms in total. The first-order valence-electron chi connectivity index (χ1n) is 12.6. The summed E-state index contributed by atoms with van der Waals surface area (Å²) in [5.74, 6) is -1.02. The van der Waals surface area contributed by atoms with Crippen LogP contribution in [-0.2, 0) is 19.1 Å². The molecule has 37 heavy (non-hydrogen) atoms. The number of carbonyl (C=O) groups is 4. The van der Waals surface area contributed by atoms with E-state index in [0.717, 1.165) is 12.4 Å². The smallest absolute Gasteiger partial charge is 0.254 e. The third-order valence-corrected chi connectivity index (χ3v) is 6.42. The van der Waals surface area contributed by atoms with Gasteiger partial charge in [0.05, 0.1) is 37.7 Å². The minimum Gasteiger partial charge on any atom is -0.394 e. The molecule has 1 atom stereocenters. The summed E-state index contributed by atoms with van der Waals surface area (Å²) in [4.78, 5) is 52.8. The lowest BCUT2D eigenvalue weighted by Gasteiger charge is -2.36. The second-order valence-electron chi connectivity index (χ2n) is 8.94. The van der Waals surface area contributed by atoms with Gasteiger partial charge in [-0.2, -0.15) is 0 Å². The Labute approximate surface area is 217 Å². The highest BCUT2D eigenvalue weighted by molar-refractivity contribution is 6.02. The minimum atomic E-state index is -0.602. The number of aliphatic hydroxyl groups is 1. The molecule has 0 saturated carbocycles. The van der Waals surface area contributed by atoms with Crippen LogP contribution in [-0.4, -0.2) is 112 Å². The zero-order chi connectivity index (χ0) is 27.2. The van der Waals surface area contributed by atoms with Crippen LogP contribution < -0.4 is 4.90 Å². The van der Waals surface area contributed by atoms with Gasteiger partial charge in [0.2, 0.25) is 5.91 Å². The highest BCUT2D eigenvalue weighted by atomic mass is 19.1. The van der Waals surface area contributed by atoms with Crippen molar-refractivity contribution in [2.75, 3.05) is 71.2 Å². The SMILES string of the molecule is CC(CCC=O)N(C)C(=O)c1cc(N2CCN(C(=O)CCCOCCOCCO)CC2)c(F)cc1C=O. The van der Waals surface area contributed by atoms with Gasteiger partial charge in [-0.25, -0.2) is 4.39 Å². The van der Waals surface area contributed by atoms with E-state index in [-0.39, 0.29) is 42.0 Å². The van der Waals surface area contributed by atoms with Crippen LogP contribution in [0.3, 0.4) is 0 Å². The van der Waals surface area contributed by atoms with E-state index in [1.54, 1.807) is 16.8 Å². The molecule has 1 heterocycles. The molecule has 0 aromatic heterocycles. The van der Waals surface area contributed by atoms with Gasteiger partial charge < -0.3 is 34.1 Å². The van der Waals surface area contributed by atoms with E-state index in [1.807, 2.05) is 6.92 Å². The molecule has 1 aromatic carbocycles. The predicted molar refractivity (Wildman–Crippen MR) is 135 cm³/mol. The number of piperazine rings is 1. The number of carbonyl (C=O) groups excluding carboxylic acids is 4. The van der Waals surface area contributed by atoms with Crippen LogP contribution in [0.25, 0.3) is 0 Å². The van der Waals surface area contributed by atoms with Crippen molar-refractivity contribution in [2.24, 2.45) is 0 Å². The van der Waals surface area contributed by atoms with E-state index in [9.17, 15) is 23.6 Å². The van der Waals surface area contributed by atoms with Gasteiger partial charge in [-0.3, -0.25) is 14.4 Å². The summed E-state index contributed by atoms with van der Waals surface area (Å²) in [5.41, 5.74) is 0.288. The van der Waals surface area contributed by atoms with E-state index in [2.05, 4.69) is 0 Å². The Morgan fingerprint density at radius 1 is 1.11 bits per heavy atom. The van der Waals surface area contributed by atoms with Gasteiger partial charge in [0.25, 0.3) is 5.91 Å². The van der Waals surface area contributed by atoms with Crippen molar-refractivity contribution < 1.29 is 38.1 Å². The lowest BCUT2D eigenvalue weighted by atomic mass is 10.0. The fourth-order valence-corrected chi connectivity index (χ4v) is 4.06. The van der Waals surface area contributed by atoms with Crippen molar-refractivity contribution in [3.63, 3.8) is 0 Å². The monoisotopic (exact) mass is 523 g/mol. The normalized spacial score (nSPS) is 14.4. The number of halogens is 1. The number of benzene rings is 1. The lowest BCUT2D eigenvalue weighted by molar-refractivity contribution is -0.131. The van der Waals surface area contributed by atoms with Gasteiger partial charge in [0.15, 0.2) is 6.29 Å². The maximum Gasteiger partial charge on any atom is 0.254 e. The Kier molecular flexibility index (Phi) is 13.2. The summed E-state index contributed by atoms with van der Waals surface area (Å²) in [5, 5.41) is 8.64. The molecule has 0 radical (unpaired) electrons. The fraction of sp³-hybridized carbons (Fsp3) is 0.615. The summed E-state index contributed by atoms with van der Waals surface area (Å²) < 4.78 is 25.4. The number of anilines is 1. The Morgan fingerprint density at radius 3 is 2.41 bits per heavy atom.